The van der Waals surface area contributed by atoms with Crippen LogP contribution in [0.25, 0.3) is 0 Å². The predicted octanol–water partition coefficient (Wildman–Crippen LogP) is 1.39. The molecule has 26 heavy (non-hydrogen) atoms. The summed E-state index contributed by atoms with van der Waals surface area (Å²) >= 11 is 0. The first-order valence-corrected chi connectivity index (χ1v) is 7.42. The number of ether oxygens (including phenoxy) is 1. The fourth-order valence-corrected chi connectivity index (χ4v) is 2.20. The highest BCUT2D eigenvalue weighted by Crippen LogP contribution is 2.23. The standard InChI is InChI=1S/C17H14N2O7/c1-2-26-17(23)10-6-8-11(9-7-10)18-15(20)14-12(16(21)22)4-3-5-13(14)19(24)25/h3-9H,2H2,1H3,(H,18,20)(H,21,22)/p-1. The number of nitro groups is 1. The van der Waals surface area contributed by atoms with E-state index in [0.29, 0.717) is 0 Å². The van der Waals surface area contributed by atoms with Crippen molar-refractivity contribution in [3.63, 3.8) is 0 Å². The van der Waals surface area contributed by atoms with Crippen molar-refractivity contribution in [2.45, 2.75) is 6.92 Å². The molecule has 134 valence electrons. The Hall–Kier alpha value is -3.75. The van der Waals surface area contributed by atoms with Crippen LogP contribution in [0.2, 0.25) is 0 Å². The molecule has 0 radical (unpaired) electrons. The smallest absolute Gasteiger partial charge is 0.338 e. The van der Waals surface area contributed by atoms with Gasteiger partial charge in [0.15, 0.2) is 0 Å². The summed E-state index contributed by atoms with van der Waals surface area (Å²) in [6.07, 6.45) is 0. The number of amides is 1. The van der Waals surface area contributed by atoms with Crippen LogP contribution in [0, 0.1) is 10.1 Å². The molecule has 1 amide bonds. The molecule has 0 spiro atoms. The Morgan fingerprint density at radius 3 is 2.31 bits per heavy atom. The summed E-state index contributed by atoms with van der Waals surface area (Å²) in [4.78, 5) is 45.4. The van der Waals surface area contributed by atoms with Crippen LogP contribution in [-0.4, -0.2) is 29.4 Å². The maximum Gasteiger partial charge on any atom is 0.338 e. The first kappa shape index (κ1) is 18.6. The average molecular weight is 357 g/mol. The third-order valence-electron chi connectivity index (χ3n) is 3.34. The molecule has 2 rings (SSSR count). The minimum atomic E-state index is -1.71. The zero-order valence-electron chi connectivity index (χ0n) is 13.6. The molecule has 0 bridgehead atoms. The highest BCUT2D eigenvalue weighted by molar-refractivity contribution is 6.13. The zero-order valence-corrected chi connectivity index (χ0v) is 13.6. The van der Waals surface area contributed by atoms with Gasteiger partial charge in [-0.1, -0.05) is 12.1 Å². The van der Waals surface area contributed by atoms with Crippen molar-refractivity contribution in [2.75, 3.05) is 11.9 Å². The molecule has 0 aromatic heterocycles. The van der Waals surface area contributed by atoms with Crippen LogP contribution < -0.4 is 10.4 Å². The van der Waals surface area contributed by atoms with Crippen LogP contribution in [0.1, 0.15) is 38.0 Å². The summed E-state index contributed by atoms with van der Waals surface area (Å²) in [5, 5.41) is 24.6. The summed E-state index contributed by atoms with van der Waals surface area (Å²) in [5.41, 5.74) is -1.41. The van der Waals surface area contributed by atoms with Gasteiger partial charge in [0, 0.05) is 17.3 Å². The summed E-state index contributed by atoms with van der Waals surface area (Å²) in [7, 11) is 0. The number of aromatic carboxylic acids is 1. The zero-order chi connectivity index (χ0) is 19.3. The van der Waals surface area contributed by atoms with Crippen LogP contribution >= 0.6 is 0 Å². The number of anilines is 1. The highest BCUT2D eigenvalue weighted by Gasteiger charge is 2.24. The Labute approximate surface area is 147 Å². The molecule has 9 heteroatoms. The number of carboxylic acids is 1. The van der Waals surface area contributed by atoms with E-state index < -0.39 is 39.6 Å². The van der Waals surface area contributed by atoms with Crippen molar-refractivity contribution in [3.05, 3.63) is 69.3 Å². The largest absolute Gasteiger partial charge is 0.545 e. The van der Waals surface area contributed by atoms with Gasteiger partial charge in [0.2, 0.25) is 0 Å². The lowest BCUT2D eigenvalue weighted by Crippen LogP contribution is -2.27. The van der Waals surface area contributed by atoms with E-state index in [1.165, 1.54) is 24.3 Å². The van der Waals surface area contributed by atoms with Gasteiger partial charge >= 0.3 is 5.97 Å². The maximum absolute atomic E-state index is 12.4. The monoisotopic (exact) mass is 357 g/mol. The Bertz CT molecular complexity index is 843. The van der Waals surface area contributed by atoms with Crippen LogP contribution in [0.5, 0.6) is 0 Å². The Morgan fingerprint density at radius 2 is 1.77 bits per heavy atom. The van der Waals surface area contributed by atoms with Crippen LogP contribution in [0.3, 0.4) is 0 Å². The van der Waals surface area contributed by atoms with Gasteiger partial charge in [-0.05, 0) is 31.2 Å². The lowest BCUT2D eigenvalue weighted by Gasteiger charge is -2.11. The number of nitro benzene ring substituents is 1. The Balaban J connectivity index is 2.32. The number of rotatable bonds is 6. The Morgan fingerprint density at radius 1 is 1.12 bits per heavy atom. The summed E-state index contributed by atoms with van der Waals surface area (Å²) in [5.74, 6) is -3.24. The van der Waals surface area contributed by atoms with Gasteiger partial charge in [-0.15, -0.1) is 0 Å². The summed E-state index contributed by atoms with van der Waals surface area (Å²) < 4.78 is 4.83. The normalized spacial score (nSPS) is 10.0. The number of hydrogen-bond donors (Lipinski definition) is 1. The van der Waals surface area contributed by atoms with Gasteiger partial charge in [0.1, 0.15) is 5.56 Å². The predicted molar refractivity (Wildman–Crippen MR) is 87.8 cm³/mol. The molecule has 9 nitrogen and oxygen atoms in total. The minimum absolute atomic E-state index is 0.209. The van der Waals surface area contributed by atoms with E-state index in [1.807, 2.05) is 0 Å². The van der Waals surface area contributed by atoms with E-state index in [1.54, 1.807) is 6.92 Å². The third kappa shape index (κ3) is 4.01. The number of carbonyl (C=O) groups excluding carboxylic acids is 3. The van der Waals surface area contributed by atoms with E-state index >= 15 is 0 Å². The van der Waals surface area contributed by atoms with Gasteiger partial charge in [0.25, 0.3) is 11.6 Å². The molecule has 2 aromatic rings. The Kier molecular flexibility index (Phi) is 5.63. The van der Waals surface area contributed by atoms with E-state index in [4.69, 9.17) is 4.74 Å². The van der Waals surface area contributed by atoms with Crippen molar-refractivity contribution < 1.29 is 29.2 Å². The number of benzene rings is 2. The van der Waals surface area contributed by atoms with Crippen molar-refractivity contribution in [1.29, 1.82) is 0 Å². The van der Waals surface area contributed by atoms with E-state index in [-0.39, 0.29) is 17.9 Å². The quantitative estimate of drug-likeness (QED) is 0.468. The number of carboxylic acid groups (broad SMARTS) is 1. The average Bonchev–Trinajstić information content (AvgIpc) is 2.61. The molecular weight excluding hydrogens is 344 g/mol. The molecule has 0 atom stereocenters. The molecule has 0 aliphatic carbocycles. The minimum Gasteiger partial charge on any atom is -0.545 e. The molecule has 2 aromatic carbocycles. The third-order valence-corrected chi connectivity index (χ3v) is 3.34. The molecule has 1 N–H and O–H groups in total. The van der Waals surface area contributed by atoms with Crippen molar-refractivity contribution in [1.82, 2.24) is 0 Å². The van der Waals surface area contributed by atoms with Crippen LogP contribution in [0.4, 0.5) is 11.4 Å². The van der Waals surface area contributed by atoms with Gasteiger partial charge in [-0.25, -0.2) is 4.79 Å². The molecule has 0 aliphatic heterocycles. The molecule has 0 fully saturated rings. The van der Waals surface area contributed by atoms with Crippen LogP contribution in [-0.2, 0) is 4.74 Å². The fourth-order valence-electron chi connectivity index (χ4n) is 2.20. The number of hydrogen-bond acceptors (Lipinski definition) is 7. The second-order valence-electron chi connectivity index (χ2n) is 5.00. The van der Waals surface area contributed by atoms with Gasteiger partial charge < -0.3 is 20.0 Å². The van der Waals surface area contributed by atoms with Crippen molar-refractivity contribution >= 4 is 29.2 Å². The first-order valence-electron chi connectivity index (χ1n) is 7.42. The SMILES string of the molecule is CCOC(=O)c1ccc(NC(=O)c2c(C(=O)[O-])cccc2[N+](=O)[O-])cc1. The second-order valence-corrected chi connectivity index (χ2v) is 5.00. The van der Waals surface area contributed by atoms with Crippen LogP contribution in [0.15, 0.2) is 42.5 Å². The van der Waals surface area contributed by atoms with E-state index in [9.17, 15) is 29.6 Å². The van der Waals surface area contributed by atoms with E-state index in [0.717, 1.165) is 18.2 Å². The maximum atomic E-state index is 12.4. The van der Waals surface area contributed by atoms with Gasteiger partial charge in [0.05, 0.1) is 23.1 Å². The highest BCUT2D eigenvalue weighted by atomic mass is 16.6. The molecular formula is C17H13N2O7-. The topological polar surface area (TPSA) is 139 Å². The number of nitrogens with one attached hydrogen (secondary N) is 1. The molecule has 0 saturated carbocycles. The number of esters is 1. The van der Waals surface area contributed by atoms with E-state index in [2.05, 4.69) is 5.32 Å². The number of nitrogens with zero attached hydrogens (tertiary/aromatic N) is 1. The first-order chi connectivity index (χ1) is 12.3. The lowest BCUT2D eigenvalue weighted by molar-refractivity contribution is -0.385. The molecule has 0 saturated heterocycles. The molecule has 0 aliphatic rings. The summed E-state index contributed by atoms with van der Waals surface area (Å²) in [6.45, 7) is 1.87. The van der Waals surface area contributed by atoms with Crippen molar-refractivity contribution in [2.24, 2.45) is 0 Å². The number of carbonyl (C=O) groups is 3. The van der Waals surface area contributed by atoms with Crippen molar-refractivity contribution in [3.8, 4) is 0 Å². The van der Waals surface area contributed by atoms with Gasteiger partial charge in [-0.3, -0.25) is 14.9 Å². The van der Waals surface area contributed by atoms with Gasteiger partial charge in [-0.2, -0.15) is 0 Å². The summed E-state index contributed by atoms with van der Waals surface area (Å²) in [6, 6.07) is 8.77. The molecule has 0 heterocycles. The fraction of sp³-hybridized carbons (Fsp3) is 0.118. The second kappa shape index (κ2) is 7.88. The lowest BCUT2D eigenvalue weighted by atomic mass is 10.0. The molecule has 0 unspecified atom stereocenters.